The highest BCUT2D eigenvalue weighted by atomic mass is 35.5. The van der Waals surface area contributed by atoms with Crippen molar-refractivity contribution in [2.24, 2.45) is 11.8 Å². The molecule has 0 amide bonds. The first-order chi connectivity index (χ1) is 18.3. The van der Waals surface area contributed by atoms with E-state index in [0.29, 0.717) is 23.9 Å². The number of fused-ring (bicyclic) bond motifs is 3. The Morgan fingerprint density at radius 3 is 2.12 bits per heavy atom. The Morgan fingerprint density at radius 2 is 1.52 bits per heavy atom. The summed E-state index contributed by atoms with van der Waals surface area (Å²) in [5.74, 6) is 1.21. The summed E-state index contributed by atoms with van der Waals surface area (Å²) in [6.07, 6.45) is 2.00. The SMILES string of the molecule is COc1cc([C@@H]2c3cc4c(cc3[C@@H](CCN(C)CCCN(C)C)C3COC(=O)[C@@H]32)OCO4)cc(OC)c1O.Cl.Cl. The molecule has 2 heterocycles. The average molecular weight is 600 g/mol. The molecule has 0 spiro atoms. The molecule has 11 heteroatoms. The van der Waals surface area contributed by atoms with E-state index in [-0.39, 0.29) is 67.0 Å². The standard InChI is InChI=1S/C29H38N2O7.2ClH/c1-30(2)8-6-9-31(3)10-7-18-19-13-22-23(38-16-37-22)14-20(19)26(27-21(18)15-36-29(27)33)17-11-24(34-4)28(32)25(12-17)35-5;;/h11-14,18,21,26-27,32H,6-10,15-16H2,1-5H3;2*1H/t18-,21?,26-,27+;;/m1../s1. The fraction of sp³-hybridized carbons (Fsp3) is 0.552. The molecule has 1 N–H and O–H groups in total. The van der Waals surface area contributed by atoms with Crippen LogP contribution >= 0.6 is 24.8 Å². The van der Waals surface area contributed by atoms with E-state index in [4.69, 9.17) is 23.7 Å². The molecule has 0 saturated carbocycles. The van der Waals surface area contributed by atoms with Gasteiger partial charge < -0.3 is 38.6 Å². The van der Waals surface area contributed by atoms with Gasteiger partial charge in [0, 0.05) is 11.8 Å². The van der Waals surface area contributed by atoms with Gasteiger partial charge in [-0.05, 0) is 100 Å². The number of halogens is 2. The molecule has 4 atom stereocenters. The maximum absolute atomic E-state index is 13.3. The Hall–Kier alpha value is -2.59. The van der Waals surface area contributed by atoms with Gasteiger partial charge in [0.1, 0.15) is 0 Å². The highest BCUT2D eigenvalue weighted by Gasteiger charge is 2.52. The summed E-state index contributed by atoms with van der Waals surface area (Å²) in [7, 11) is 9.35. The van der Waals surface area contributed by atoms with Gasteiger partial charge in [0.15, 0.2) is 23.0 Å². The number of hydrogen-bond donors (Lipinski definition) is 1. The lowest BCUT2D eigenvalue weighted by molar-refractivity contribution is -0.141. The molecule has 1 fully saturated rings. The Kier molecular flexibility index (Phi) is 10.7. The van der Waals surface area contributed by atoms with Crippen LogP contribution in [0.25, 0.3) is 0 Å². The summed E-state index contributed by atoms with van der Waals surface area (Å²) in [5, 5.41) is 10.5. The lowest BCUT2D eigenvalue weighted by atomic mass is 9.62. The molecule has 2 aromatic carbocycles. The summed E-state index contributed by atoms with van der Waals surface area (Å²) in [5.41, 5.74) is 3.00. The minimum Gasteiger partial charge on any atom is -0.502 e. The summed E-state index contributed by atoms with van der Waals surface area (Å²) in [6, 6.07) is 7.69. The largest absolute Gasteiger partial charge is 0.502 e. The molecule has 222 valence electrons. The molecular formula is C29H40Cl2N2O7. The van der Waals surface area contributed by atoms with Gasteiger partial charge in [-0.15, -0.1) is 24.8 Å². The number of hydrogen-bond acceptors (Lipinski definition) is 9. The number of benzene rings is 2. The number of phenolic OH excluding ortho intramolecular Hbond substituents is 1. The van der Waals surface area contributed by atoms with Gasteiger partial charge in [-0.25, -0.2) is 0 Å². The summed E-state index contributed by atoms with van der Waals surface area (Å²) in [6.45, 7) is 3.54. The molecule has 9 nitrogen and oxygen atoms in total. The summed E-state index contributed by atoms with van der Waals surface area (Å²) in [4.78, 5) is 17.9. The third-order valence-electron chi connectivity index (χ3n) is 8.17. The topological polar surface area (TPSA) is 89.9 Å². The minimum atomic E-state index is -0.370. The first-order valence-corrected chi connectivity index (χ1v) is 13.2. The first-order valence-electron chi connectivity index (χ1n) is 13.2. The molecule has 5 rings (SSSR count). The molecule has 2 aromatic rings. The van der Waals surface area contributed by atoms with E-state index in [9.17, 15) is 9.90 Å². The van der Waals surface area contributed by atoms with Crippen LogP contribution in [0, 0.1) is 11.8 Å². The highest BCUT2D eigenvalue weighted by Crippen LogP contribution is 2.56. The lowest BCUT2D eigenvalue weighted by Gasteiger charge is -2.40. The molecule has 2 aliphatic heterocycles. The molecular weight excluding hydrogens is 559 g/mol. The predicted molar refractivity (Wildman–Crippen MR) is 156 cm³/mol. The van der Waals surface area contributed by atoms with Crippen molar-refractivity contribution in [3.05, 3.63) is 41.0 Å². The van der Waals surface area contributed by atoms with Crippen LogP contribution in [0.4, 0.5) is 0 Å². The molecule has 3 aliphatic rings. The van der Waals surface area contributed by atoms with Crippen molar-refractivity contribution in [3.63, 3.8) is 0 Å². The monoisotopic (exact) mass is 598 g/mol. The number of carbonyl (C=O) groups is 1. The predicted octanol–water partition coefficient (Wildman–Crippen LogP) is 4.27. The van der Waals surface area contributed by atoms with E-state index in [1.165, 1.54) is 14.2 Å². The number of ether oxygens (including phenoxy) is 5. The Labute approximate surface area is 248 Å². The third kappa shape index (κ3) is 6.03. The van der Waals surface area contributed by atoms with Crippen LogP contribution in [0.1, 0.15) is 41.4 Å². The summed E-state index contributed by atoms with van der Waals surface area (Å²) < 4.78 is 28.1. The van der Waals surface area contributed by atoms with E-state index in [1.807, 2.05) is 6.07 Å². The van der Waals surface area contributed by atoms with Crippen LogP contribution in [0.5, 0.6) is 28.7 Å². The number of nitrogens with zero attached hydrogens (tertiary/aromatic N) is 2. The molecule has 1 aliphatic carbocycles. The maximum atomic E-state index is 13.3. The van der Waals surface area contributed by atoms with Crippen molar-refractivity contribution in [2.45, 2.75) is 24.7 Å². The zero-order valence-corrected chi connectivity index (χ0v) is 25.3. The smallest absolute Gasteiger partial charge is 0.310 e. The zero-order valence-electron chi connectivity index (χ0n) is 23.7. The van der Waals surface area contributed by atoms with Gasteiger partial charge in [0.2, 0.25) is 12.5 Å². The van der Waals surface area contributed by atoms with Crippen molar-refractivity contribution in [1.82, 2.24) is 9.80 Å². The van der Waals surface area contributed by atoms with Crippen LogP contribution < -0.4 is 18.9 Å². The van der Waals surface area contributed by atoms with Gasteiger partial charge in [0.05, 0.1) is 26.7 Å². The van der Waals surface area contributed by atoms with Gasteiger partial charge in [-0.1, -0.05) is 0 Å². The number of esters is 1. The number of carbonyl (C=O) groups excluding carboxylic acids is 1. The summed E-state index contributed by atoms with van der Waals surface area (Å²) >= 11 is 0. The van der Waals surface area contributed by atoms with Crippen LogP contribution in [0.2, 0.25) is 0 Å². The number of aromatic hydroxyl groups is 1. The first kappa shape index (κ1) is 31.9. The van der Waals surface area contributed by atoms with Crippen LogP contribution in [-0.4, -0.2) is 89.3 Å². The minimum absolute atomic E-state index is 0. The quantitative estimate of drug-likeness (QED) is 0.402. The van der Waals surface area contributed by atoms with Crippen molar-refractivity contribution < 1.29 is 33.6 Å². The van der Waals surface area contributed by atoms with Crippen molar-refractivity contribution in [2.75, 3.05) is 68.4 Å². The zero-order chi connectivity index (χ0) is 27.0. The van der Waals surface area contributed by atoms with E-state index in [2.05, 4.69) is 37.0 Å². The van der Waals surface area contributed by atoms with E-state index in [1.54, 1.807) is 12.1 Å². The second-order valence-electron chi connectivity index (χ2n) is 10.8. The van der Waals surface area contributed by atoms with Gasteiger partial charge in [-0.2, -0.15) is 0 Å². The van der Waals surface area contributed by atoms with E-state index in [0.717, 1.165) is 54.9 Å². The van der Waals surface area contributed by atoms with Crippen LogP contribution in [0.15, 0.2) is 24.3 Å². The van der Waals surface area contributed by atoms with E-state index >= 15 is 0 Å². The number of rotatable bonds is 10. The Balaban J connectivity index is 0.00000220. The molecule has 1 unspecified atom stereocenters. The normalized spacial score (nSPS) is 22.2. The molecule has 0 radical (unpaired) electrons. The van der Waals surface area contributed by atoms with Crippen molar-refractivity contribution in [3.8, 4) is 28.7 Å². The van der Waals surface area contributed by atoms with Gasteiger partial charge in [0.25, 0.3) is 0 Å². The number of methoxy groups -OCH3 is 2. The second-order valence-corrected chi connectivity index (χ2v) is 10.8. The fourth-order valence-corrected chi connectivity index (χ4v) is 6.27. The average Bonchev–Trinajstić information content (AvgIpc) is 3.51. The molecule has 1 saturated heterocycles. The van der Waals surface area contributed by atoms with Crippen LogP contribution in [-0.2, 0) is 9.53 Å². The van der Waals surface area contributed by atoms with Crippen molar-refractivity contribution in [1.29, 1.82) is 0 Å². The fourth-order valence-electron chi connectivity index (χ4n) is 6.27. The Bertz CT molecular complexity index is 1170. The highest BCUT2D eigenvalue weighted by molar-refractivity contribution is 5.85. The van der Waals surface area contributed by atoms with Crippen LogP contribution in [0.3, 0.4) is 0 Å². The third-order valence-corrected chi connectivity index (χ3v) is 8.17. The lowest BCUT2D eigenvalue weighted by Crippen LogP contribution is -2.36. The van der Waals surface area contributed by atoms with E-state index < -0.39 is 0 Å². The molecule has 0 bridgehead atoms. The second kappa shape index (κ2) is 13.4. The van der Waals surface area contributed by atoms with Gasteiger partial charge in [-0.3, -0.25) is 4.79 Å². The van der Waals surface area contributed by atoms with Crippen molar-refractivity contribution >= 4 is 30.8 Å². The maximum Gasteiger partial charge on any atom is 0.310 e. The molecule has 0 aromatic heterocycles. The number of cyclic esters (lactones) is 1. The Morgan fingerprint density at radius 1 is 0.900 bits per heavy atom. The van der Waals surface area contributed by atoms with Gasteiger partial charge >= 0.3 is 5.97 Å². The number of phenols is 1. The molecule has 40 heavy (non-hydrogen) atoms.